The number of rotatable bonds is 4. The molecule has 1 aromatic rings. The van der Waals surface area contributed by atoms with Gasteiger partial charge in [0.1, 0.15) is 6.17 Å². The maximum Gasteiger partial charge on any atom is 0.241 e. The van der Waals surface area contributed by atoms with E-state index in [1.54, 1.807) is 0 Å². The van der Waals surface area contributed by atoms with Gasteiger partial charge in [-0.2, -0.15) is 0 Å². The largest absolute Gasteiger partial charge is 0.319 e. The molecule has 2 atom stereocenters. The smallest absolute Gasteiger partial charge is 0.241 e. The van der Waals surface area contributed by atoms with Gasteiger partial charge in [-0.1, -0.05) is 44.2 Å². The molecule has 1 saturated carbocycles. The van der Waals surface area contributed by atoms with Crippen LogP contribution in [0.3, 0.4) is 0 Å². The number of benzene rings is 1. The van der Waals surface area contributed by atoms with Gasteiger partial charge < -0.3 is 4.90 Å². The fourth-order valence-electron chi connectivity index (χ4n) is 2.93. The third kappa shape index (κ3) is 2.52. The lowest BCUT2D eigenvalue weighted by atomic mass is 10.0. The van der Waals surface area contributed by atoms with Crippen molar-refractivity contribution in [3.05, 3.63) is 35.9 Å². The molecule has 2 fully saturated rings. The fraction of sp³-hybridized carbons (Fsp3) is 0.562. The molecule has 1 N–H and O–H groups in total. The van der Waals surface area contributed by atoms with Crippen LogP contribution in [0.2, 0.25) is 0 Å². The van der Waals surface area contributed by atoms with Crippen molar-refractivity contribution in [2.45, 2.75) is 51.4 Å². The van der Waals surface area contributed by atoms with Gasteiger partial charge in [0.15, 0.2) is 0 Å². The van der Waals surface area contributed by atoms with Gasteiger partial charge in [-0.15, -0.1) is 0 Å². The third-order valence-electron chi connectivity index (χ3n) is 3.95. The fourth-order valence-corrected chi connectivity index (χ4v) is 2.93. The maximum absolute atomic E-state index is 12.6. The molecule has 0 bridgehead atoms. The van der Waals surface area contributed by atoms with Crippen molar-refractivity contribution in [3.63, 3.8) is 0 Å². The normalized spacial score (nSPS) is 27.3. The van der Waals surface area contributed by atoms with E-state index in [0.717, 1.165) is 19.3 Å². The summed E-state index contributed by atoms with van der Waals surface area (Å²) >= 11 is 0. The van der Waals surface area contributed by atoms with Crippen molar-refractivity contribution in [1.82, 2.24) is 10.2 Å². The summed E-state index contributed by atoms with van der Waals surface area (Å²) in [6, 6.07) is 10.8. The molecule has 1 saturated heterocycles. The van der Waals surface area contributed by atoms with Crippen molar-refractivity contribution in [2.24, 2.45) is 5.92 Å². The van der Waals surface area contributed by atoms with E-state index >= 15 is 0 Å². The highest BCUT2D eigenvalue weighted by molar-refractivity contribution is 5.85. The first-order valence-corrected chi connectivity index (χ1v) is 7.30. The summed E-state index contributed by atoms with van der Waals surface area (Å²) in [6.45, 7) is 4.35. The summed E-state index contributed by atoms with van der Waals surface area (Å²) in [4.78, 5) is 14.7. The van der Waals surface area contributed by atoms with Crippen molar-refractivity contribution in [1.29, 1.82) is 0 Å². The summed E-state index contributed by atoms with van der Waals surface area (Å²) in [5, 5.41) is 3.54. The van der Waals surface area contributed by atoms with Crippen LogP contribution in [0.25, 0.3) is 0 Å². The average molecular weight is 258 g/mol. The topological polar surface area (TPSA) is 32.3 Å². The Balaban J connectivity index is 1.84. The first kappa shape index (κ1) is 12.7. The van der Waals surface area contributed by atoms with Gasteiger partial charge in [0.25, 0.3) is 0 Å². The molecule has 1 amide bonds. The second kappa shape index (κ2) is 4.97. The van der Waals surface area contributed by atoms with Gasteiger partial charge in [0.05, 0.1) is 6.04 Å². The van der Waals surface area contributed by atoms with Gasteiger partial charge in [-0.3, -0.25) is 10.1 Å². The predicted octanol–water partition coefficient (Wildman–Crippen LogP) is 2.69. The standard InChI is InChI=1S/C16H22N2O/c1-11(2)10-14-16(19)18(13-8-9-13)15(17-14)12-6-4-3-5-7-12/h3-7,11,13-15,17H,8-10H2,1-2H3. The van der Waals surface area contributed by atoms with Gasteiger partial charge >= 0.3 is 0 Å². The minimum Gasteiger partial charge on any atom is -0.319 e. The number of amides is 1. The molecule has 0 radical (unpaired) electrons. The van der Waals surface area contributed by atoms with Crippen LogP contribution in [0.5, 0.6) is 0 Å². The van der Waals surface area contributed by atoms with E-state index in [1.807, 2.05) is 18.2 Å². The first-order valence-electron chi connectivity index (χ1n) is 7.30. The van der Waals surface area contributed by atoms with Crippen LogP contribution in [0.4, 0.5) is 0 Å². The van der Waals surface area contributed by atoms with E-state index in [4.69, 9.17) is 0 Å². The molecule has 19 heavy (non-hydrogen) atoms. The molecule has 3 nitrogen and oxygen atoms in total. The summed E-state index contributed by atoms with van der Waals surface area (Å²) < 4.78 is 0. The van der Waals surface area contributed by atoms with Gasteiger partial charge in [0, 0.05) is 6.04 Å². The molecule has 2 unspecified atom stereocenters. The lowest BCUT2D eigenvalue weighted by molar-refractivity contribution is -0.130. The lowest BCUT2D eigenvalue weighted by Gasteiger charge is -2.24. The highest BCUT2D eigenvalue weighted by atomic mass is 16.2. The van der Waals surface area contributed by atoms with Crippen LogP contribution in [0, 0.1) is 5.92 Å². The van der Waals surface area contributed by atoms with Crippen LogP contribution in [-0.2, 0) is 4.79 Å². The van der Waals surface area contributed by atoms with Gasteiger partial charge in [-0.05, 0) is 30.7 Å². The lowest BCUT2D eigenvalue weighted by Crippen LogP contribution is -2.33. The van der Waals surface area contributed by atoms with Crippen LogP contribution in [-0.4, -0.2) is 22.9 Å². The predicted molar refractivity (Wildman–Crippen MR) is 75.4 cm³/mol. The molecular weight excluding hydrogens is 236 g/mol. The zero-order valence-corrected chi connectivity index (χ0v) is 11.7. The molecule has 1 aliphatic carbocycles. The van der Waals surface area contributed by atoms with E-state index in [9.17, 15) is 4.79 Å². The van der Waals surface area contributed by atoms with Gasteiger partial charge in [0.2, 0.25) is 5.91 Å². The Labute approximate surface area is 115 Å². The molecule has 1 heterocycles. The second-order valence-corrected chi connectivity index (χ2v) is 6.14. The maximum atomic E-state index is 12.6. The Morgan fingerprint density at radius 2 is 1.95 bits per heavy atom. The van der Waals surface area contributed by atoms with E-state index in [-0.39, 0.29) is 12.2 Å². The summed E-state index contributed by atoms with van der Waals surface area (Å²) in [7, 11) is 0. The highest BCUT2D eigenvalue weighted by Crippen LogP contribution is 2.38. The highest BCUT2D eigenvalue weighted by Gasteiger charge is 2.46. The Kier molecular flexibility index (Phi) is 3.31. The zero-order chi connectivity index (χ0) is 13.4. The second-order valence-electron chi connectivity index (χ2n) is 6.14. The number of hydrogen-bond acceptors (Lipinski definition) is 2. The SMILES string of the molecule is CC(C)CC1NC(c2ccccc2)N(C2CC2)C1=O. The summed E-state index contributed by atoms with van der Waals surface area (Å²) in [6.07, 6.45) is 3.31. The number of nitrogens with zero attached hydrogens (tertiary/aromatic N) is 1. The molecule has 0 aromatic heterocycles. The quantitative estimate of drug-likeness (QED) is 0.900. The van der Waals surface area contributed by atoms with Crippen LogP contribution < -0.4 is 5.32 Å². The van der Waals surface area contributed by atoms with Crippen molar-refractivity contribution in [3.8, 4) is 0 Å². The number of carbonyl (C=O) groups is 1. The minimum atomic E-state index is -0.00851. The molecule has 102 valence electrons. The monoisotopic (exact) mass is 258 g/mol. The summed E-state index contributed by atoms with van der Waals surface area (Å²) in [5.74, 6) is 0.835. The zero-order valence-electron chi connectivity index (χ0n) is 11.7. The van der Waals surface area contributed by atoms with Crippen molar-refractivity contribution < 1.29 is 4.79 Å². The van der Waals surface area contributed by atoms with E-state index in [0.29, 0.717) is 17.9 Å². The molecule has 2 aliphatic rings. The average Bonchev–Trinajstić information content (AvgIpc) is 3.17. The summed E-state index contributed by atoms with van der Waals surface area (Å²) in [5.41, 5.74) is 1.20. The number of carbonyl (C=O) groups excluding carboxylic acids is 1. The molecule has 3 heteroatoms. The molecule has 0 spiro atoms. The van der Waals surface area contributed by atoms with E-state index < -0.39 is 0 Å². The number of nitrogens with one attached hydrogen (secondary N) is 1. The molecular formula is C16H22N2O. The number of hydrogen-bond donors (Lipinski definition) is 1. The van der Waals surface area contributed by atoms with Crippen LogP contribution in [0.1, 0.15) is 44.8 Å². The van der Waals surface area contributed by atoms with Crippen molar-refractivity contribution in [2.75, 3.05) is 0 Å². The first-order chi connectivity index (χ1) is 9.16. The Bertz CT molecular complexity index is 453. The molecule has 1 aliphatic heterocycles. The molecule has 3 rings (SSSR count). The Morgan fingerprint density at radius 1 is 1.26 bits per heavy atom. The minimum absolute atomic E-state index is 0.00851. The Morgan fingerprint density at radius 3 is 2.53 bits per heavy atom. The Hall–Kier alpha value is -1.35. The van der Waals surface area contributed by atoms with Crippen LogP contribution >= 0.6 is 0 Å². The third-order valence-corrected chi connectivity index (χ3v) is 3.95. The molecule has 1 aromatic carbocycles. The van der Waals surface area contributed by atoms with E-state index in [2.05, 4.69) is 36.2 Å². The van der Waals surface area contributed by atoms with Crippen LogP contribution in [0.15, 0.2) is 30.3 Å². The van der Waals surface area contributed by atoms with Gasteiger partial charge in [-0.25, -0.2) is 0 Å². The van der Waals surface area contributed by atoms with E-state index in [1.165, 1.54) is 5.56 Å². The van der Waals surface area contributed by atoms with Crippen molar-refractivity contribution >= 4 is 5.91 Å².